The largest absolute Gasteiger partial charge is 0.453 e. The van der Waals surface area contributed by atoms with E-state index in [1.165, 1.54) is 23.0 Å². The Balaban J connectivity index is 1.71. The van der Waals surface area contributed by atoms with Crippen LogP contribution in [0.4, 0.5) is 9.18 Å². The van der Waals surface area contributed by atoms with Crippen molar-refractivity contribution in [1.82, 2.24) is 9.80 Å². The number of hydrogen-bond acceptors (Lipinski definition) is 5. The molecule has 0 aromatic heterocycles. The number of halogens is 1. The number of amides is 2. The van der Waals surface area contributed by atoms with Crippen LogP contribution in [0.1, 0.15) is 10.4 Å². The average molecular weight is 369 g/mol. The molecule has 0 radical (unpaired) electrons. The second kappa shape index (κ2) is 6.12. The summed E-state index contributed by atoms with van der Waals surface area (Å²) in [4.78, 5) is 26.4. The minimum absolute atomic E-state index is 0.0379. The van der Waals surface area contributed by atoms with E-state index < -0.39 is 32.7 Å². The van der Waals surface area contributed by atoms with Gasteiger partial charge in [-0.25, -0.2) is 22.7 Å². The SMILES string of the molecule is COC(=O)N1CC2=C(C1)CN(C(=O)c1ccc(S(N)(=O)=O)c(F)c1)C2. The minimum Gasteiger partial charge on any atom is -0.453 e. The maximum atomic E-state index is 13.9. The smallest absolute Gasteiger partial charge is 0.410 e. The summed E-state index contributed by atoms with van der Waals surface area (Å²) in [5, 5.41) is 4.90. The summed E-state index contributed by atoms with van der Waals surface area (Å²) in [6.45, 7) is 1.45. The molecular weight excluding hydrogens is 353 g/mol. The molecule has 0 bridgehead atoms. The molecule has 10 heteroatoms. The number of methoxy groups -OCH3 is 1. The molecule has 25 heavy (non-hydrogen) atoms. The first kappa shape index (κ1) is 17.4. The summed E-state index contributed by atoms with van der Waals surface area (Å²) < 4.78 is 41.0. The fraction of sp³-hybridized carbons (Fsp3) is 0.333. The summed E-state index contributed by atoms with van der Waals surface area (Å²) in [5.41, 5.74) is 1.96. The lowest BCUT2D eigenvalue weighted by molar-refractivity contribution is 0.0789. The van der Waals surface area contributed by atoms with Crippen LogP contribution in [0.3, 0.4) is 0 Å². The van der Waals surface area contributed by atoms with Crippen LogP contribution >= 0.6 is 0 Å². The van der Waals surface area contributed by atoms with Crippen LogP contribution < -0.4 is 5.14 Å². The van der Waals surface area contributed by atoms with E-state index in [1.54, 1.807) is 0 Å². The molecule has 8 nitrogen and oxygen atoms in total. The quantitative estimate of drug-likeness (QED) is 0.755. The van der Waals surface area contributed by atoms with Gasteiger partial charge in [0.1, 0.15) is 10.7 Å². The van der Waals surface area contributed by atoms with E-state index in [4.69, 9.17) is 5.14 Å². The first-order chi connectivity index (χ1) is 11.7. The van der Waals surface area contributed by atoms with E-state index in [9.17, 15) is 22.4 Å². The highest BCUT2D eigenvalue weighted by atomic mass is 32.2. The van der Waals surface area contributed by atoms with Crippen LogP contribution in [-0.4, -0.2) is 63.5 Å². The van der Waals surface area contributed by atoms with E-state index in [0.717, 1.165) is 23.3 Å². The fourth-order valence-electron chi connectivity index (χ4n) is 3.03. The molecule has 0 aliphatic carbocycles. The third kappa shape index (κ3) is 3.22. The van der Waals surface area contributed by atoms with E-state index >= 15 is 0 Å². The predicted octanol–water partition coefficient (Wildman–Crippen LogP) is 0.308. The molecule has 2 N–H and O–H groups in total. The van der Waals surface area contributed by atoms with Crippen molar-refractivity contribution in [3.05, 3.63) is 40.7 Å². The van der Waals surface area contributed by atoms with Gasteiger partial charge in [0.25, 0.3) is 5.91 Å². The second-order valence-corrected chi connectivity index (χ2v) is 7.41. The van der Waals surface area contributed by atoms with Gasteiger partial charge in [-0.1, -0.05) is 0 Å². The van der Waals surface area contributed by atoms with Gasteiger partial charge in [-0.2, -0.15) is 0 Å². The van der Waals surface area contributed by atoms with Crippen molar-refractivity contribution in [3.63, 3.8) is 0 Å². The average Bonchev–Trinajstić information content (AvgIpc) is 3.10. The fourth-order valence-corrected chi connectivity index (χ4v) is 3.62. The summed E-state index contributed by atoms with van der Waals surface area (Å²) in [6.07, 6.45) is -0.423. The second-order valence-electron chi connectivity index (χ2n) is 5.88. The van der Waals surface area contributed by atoms with Gasteiger partial charge in [0, 0.05) is 31.7 Å². The van der Waals surface area contributed by atoms with E-state index in [1.807, 2.05) is 0 Å². The highest BCUT2D eigenvalue weighted by Crippen LogP contribution is 2.27. The van der Waals surface area contributed by atoms with Gasteiger partial charge < -0.3 is 14.5 Å². The number of carbonyl (C=O) groups is 2. The lowest BCUT2D eigenvalue weighted by atomic mass is 10.2. The number of nitrogens with two attached hydrogens (primary N) is 1. The zero-order valence-electron chi connectivity index (χ0n) is 13.4. The molecule has 2 amide bonds. The Morgan fingerprint density at radius 1 is 1.12 bits per heavy atom. The Hall–Kier alpha value is -2.46. The van der Waals surface area contributed by atoms with Crippen molar-refractivity contribution in [3.8, 4) is 0 Å². The van der Waals surface area contributed by atoms with Crippen molar-refractivity contribution in [2.24, 2.45) is 5.14 Å². The molecule has 2 aliphatic rings. The first-order valence-corrected chi connectivity index (χ1v) is 8.89. The number of rotatable bonds is 2. The highest BCUT2D eigenvalue weighted by molar-refractivity contribution is 7.89. The number of ether oxygens (including phenoxy) is 1. The molecule has 0 spiro atoms. The first-order valence-electron chi connectivity index (χ1n) is 7.35. The van der Waals surface area contributed by atoms with Gasteiger partial charge in [-0.3, -0.25) is 4.79 Å². The number of carbonyl (C=O) groups excluding carboxylic acids is 2. The van der Waals surface area contributed by atoms with Crippen LogP contribution in [0, 0.1) is 5.82 Å². The summed E-state index contributed by atoms with van der Waals surface area (Å²) in [7, 11) is -2.87. The molecule has 0 fully saturated rings. The molecular formula is C15H16FN3O5S. The number of benzene rings is 1. The Morgan fingerprint density at radius 3 is 2.16 bits per heavy atom. The molecule has 0 saturated carbocycles. The van der Waals surface area contributed by atoms with Crippen molar-refractivity contribution in [2.75, 3.05) is 33.3 Å². The monoisotopic (exact) mass is 369 g/mol. The molecule has 1 aromatic carbocycles. The number of nitrogens with zero attached hydrogens (tertiary/aromatic N) is 2. The number of sulfonamides is 1. The molecule has 0 unspecified atom stereocenters. The lowest BCUT2D eigenvalue weighted by Gasteiger charge is -2.22. The summed E-state index contributed by atoms with van der Waals surface area (Å²) in [6, 6.07) is 3.08. The van der Waals surface area contributed by atoms with Crippen molar-refractivity contribution < 1.29 is 27.1 Å². The van der Waals surface area contributed by atoms with Gasteiger partial charge in [-0.05, 0) is 29.3 Å². The molecule has 2 aliphatic heterocycles. The third-order valence-corrected chi connectivity index (χ3v) is 5.18. The molecule has 134 valence electrons. The topological polar surface area (TPSA) is 110 Å². The van der Waals surface area contributed by atoms with Crippen LogP contribution in [0.15, 0.2) is 34.2 Å². The van der Waals surface area contributed by atoms with Crippen molar-refractivity contribution in [1.29, 1.82) is 0 Å². The molecule has 0 saturated heterocycles. The third-order valence-electron chi connectivity index (χ3n) is 4.23. The van der Waals surface area contributed by atoms with Crippen LogP contribution in [-0.2, 0) is 14.8 Å². The minimum atomic E-state index is -4.18. The zero-order chi connectivity index (χ0) is 18.4. The molecule has 0 atom stereocenters. The Bertz CT molecular complexity index is 878. The summed E-state index contributed by atoms with van der Waals surface area (Å²) in [5.74, 6) is -1.48. The zero-order valence-corrected chi connectivity index (χ0v) is 14.2. The van der Waals surface area contributed by atoms with E-state index in [-0.39, 0.29) is 5.56 Å². The maximum absolute atomic E-state index is 13.9. The van der Waals surface area contributed by atoms with Crippen LogP contribution in [0.2, 0.25) is 0 Å². The number of hydrogen-bond donors (Lipinski definition) is 1. The Morgan fingerprint density at radius 2 is 1.68 bits per heavy atom. The van der Waals surface area contributed by atoms with Crippen molar-refractivity contribution in [2.45, 2.75) is 4.90 Å². The van der Waals surface area contributed by atoms with Crippen LogP contribution in [0.5, 0.6) is 0 Å². The van der Waals surface area contributed by atoms with Gasteiger partial charge in [0.05, 0.1) is 7.11 Å². The predicted molar refractivity (Wildman–Crippen MR) is 84.7 cm³/mol. The van der Waals surface area contributed by atoms with Gasteiger partial charge >= 0.3 is 6.09 Å². The normalized spacial score (nSPS) is 17.1. The molecule has 1 aromatic rings. The van der Waals surface area contributed by atoms with Gasteiger partial charge in [-0.15, -0.1) is 0 Å². The van der Waals surface area contributed by atoms with Crippen molar-refractivity contribution >= 4 is 22.0 Å². The highest BCUT2D eigenvalue weighted by Gasteiger charge is 2.34. The summed E-state index contributed by atoms with van der Waals surface area (Å²) >= 11 is 0. The van der Waals surface area contributed by atoms with E-state index in [0.29, 0.717) is 26.2 Å². The standard InChI is InChI=1S/C15H16FN3O5S/c1-24-15(21)19-7-10-5-18(6-11(10)8-19)14(20)9-2-3-13(12(16)4-9)25(17,22)23/h2-4H,5-8H2,1H3,(H2,17,22,23). The van der Waals surface area contributed by atoms with E-state index in [2.05, 4.69) is 4.74 Å². The number of primary sulfonamides is 1. The van der Waals surface area contributed by atoms with Gasteiger partial charge in [0.2, 0.25) is 10.0 Å². The maximum Gasteiger partial charge on any atom is 0.410 e. The lowest BCUT2D eigenvalue weighted by Crippen LogP contribution is -2.36. The van der Waals surface area contributed by atoms with Gasteiger partial charge in [0.15, 0.2) is 0 Å². The van der Waals surface area contributed by atoms with Crippen LogP contribution in [0.25, 0.3) is 0 Å². The molecule has 2 heterocycles. The molecule has 3 rings (SSSR count). The Labute approximate surface area is 143 Å². The Kier molecular flexibility index (Phi) is 4.25.